The molecule has 1 aromatic carbocycles. The van der Waals surface area contributed by atoms with Gasteiger partial charge in [0.2, 0.25) is 5.82 Å². The van der Waals surface area contributed by atoms with Crippen LogP contribution in [-0.4, -0.2) is 6.54 Å². The van der Waals surface area contributed by atoms with E-state index in [0.717, 1.165) is 0 Å². The topological polar surface area (TPSA) is 12.0 Å². The summed E-state index contributed by atoms with van der Waals surface area (Å²) < 4.78 is 65.0. The van der Waals surface area contributed by atoms with Gasteiger partial charge in [0.25, 0.3) is 0 Å². The summed E-state index contributed by atoms with van der Waals surface area (Å²) in [5, 5.41) is 2.25. The zero-order chi connectivity index (χ0) is 14.1. The quantitative estimate of drug-likeness (QED) is 0.491. The summed E-state index contributed by atoms with van der Waals surface area (Å²) in [6, 6.07) is 0. The van der Waals surface area contributed by atoms with Crippen LogP contribution in [0.15, 0.2) is 0 Å². The molecule has 1 rings (SSSR count). The third-order valence-electron chi connectivity index (χ3n) is 2.39. The Morgan fingerprint density at radius 3 is 1.56 bits per heavy atom. The van der Waals surface area contributed by atoms with E-state index in [9.17, 15) is 22.0 Å². The second-order valence-electron chi connectivity index (χ2n) is 5.18. The lowest BCUT2D eigenvalue weighted by molar-refractivity contribution is 0.376. The highest BCUT2D eigenvalue weighted by molar-refractivity contribution is 5.47. The van der Waals surface area contributed by atoms with Crippen LogP contribution < -0.4 is 5.32 Å². The van der Waals surface area contributed by atoms with E-state index >= 15 is 0 Å². The smallest absolute Gasteiger partial charge is 0.200 e. The van der Waals surface area contributed by atoms with Gasteiger partial charge in [0, 0.05) is 6.54 Å². The molecule has 0 heterocycles. The molecule has 102 valence electrons. The Morgan fingerprint density at radius 1 is 0.778 bits per heavy atom. The Balaban J connectivity index is 2.96. The van der Waals surface area contributed by atoms with E-state index in [1.165, 1.54) is 0 Å². The van der Waals surface area contributed by atoms with Gasteiger partial charge in [-0.1, -0.05) is 20.8 Å². The summed E-state index contributed by atoms with van der Waals surface area (Å²) in [6.45, 7) is 5.80. The van der Waals surface area contributed by atoms with Crippen LogP contribution in [0.5, 0.6) is 0 Å². The van der Waals surface area contributed by atoms with Gasteiger partial charge in [0.05, 0.1) is 0 Å². The van der Waals surface area contributed by atoms with E-state index in [0.29, 0.717) is 6.42 Å². The minimum absolute atomic E-state index is 0.113. The van der Waals surface area contributed by atoms with E-state index < -0.39 is 34.8 Å². The summed E-state index contributed by atoms with van der Waals surface area (Å²) in [4.78, 5) is 0. The molecule has 0 amide bonds. The molecular formula is C12H14F5N. The predicted octanol–water partition coefficient (Wildman–Crippen LogP) is 4.23. The summed E-state index contributed by atoms with van der Waals surface area (Å²) in [7, 11) is 0. The molecule has 1 aromatic rings. The molecule has 0 radical (unpaired) electrons. The largest absolute Gasteiger partial charge is 0.380 e. The first-order chi connectivity index (χ1) is 8.15. The second kappa shape index (κ2) is 5.12. The van der Waals surface area contributed by atoms with Crippen molar-refractivity contribution in [1.82, 2.24) is 0 Å². The van der Waals surface area contributed by atoms with Crippen LogP contribution in [0.1, 0.15) is 27.2 Å². The SMILES string of the molecule is CC(C)(C)CCNc1c(F)c(F)c(F)c(F)c1F. The molecule has 0 atom stereocenters. The highest BCUT2D eigenvalue weighted by Gasteiger charge is 2.25. The van der Waals surface area contributed by atoms with Gasteiger partial charge in [0.1, 0.15) is 5.69 Å². The third kappa shape index (κ3) is 3.11. The fraction of sp³-hybridized carbons (Fsp3) is 0.500. The van der Waals surface area contributed by atoms with Crippen molar-refractivity contribution in [3.05, 3.63) is 29.1 Å². The van der Waals surface area contributed by atoms with Crippen molar-refractivity contribution < 1.29 is 22.0 Å². The third-order valence-corrected chi connectivity index (χ3v) is 2.39. The lowest BCUT2D eigenvalue weighted by Crippen LogP contribution is -2.16. The molecule has 0 fully saturated rings. The van der Waals surface area contributed by atoms with Crippen molar-refractivity contribution in [2.24, 2.45) is 5.41 Å². The van der Waals surface area contributed by atoms with E-state index in [2.05, 4.69) is 5.32 Å². The molecule has 0 aromatic heterocycles. The first-order valence-electron chi connectivity index (χ1n) is 5.40. The first kappa shape index (κ1) is 14.7. The zero-order valence-electron chi connectivity index (χ0n) is 10.3. The first-order valence-corrected chi connectivity index (χ1v) is 5.40. The van der Waals surface area contributed by atoms with Crippen molar-refractivity contribution in [2.45, 2.75) is 27.2 Å². The molecule has 0 aliphatic rings. The maximum atomic E-state index is 13.2. The molecule has 18 heavy (non-hydrogen) atoms. The van der Waals surface area contributed by atoms with Crippen molar-refractivity contribution >= 4 is 5.69 Å². The fourth-order valence-corrected chi connectivity index (χ4v) is 1.32. The number of benzene rings is 1. The maximum Gasteiger partial charge on any atom is 0.200 e. The van der Waals surface area contributed by atoms with Gasteiger partial charge < -0.3 is 5.32 Å². The summed E-state index contributed by atoms with van der Waals surface area (Å²) in [5.74, 6) is -9.69. The number of hydrogen-bond donors (Lipinski definition) is 1. The van der Waals surface area contributed by atoms with E-state index in [1.807, 2.05) is 20.8 Å². The van der Waals surface area contributed by atoms with Gasteiger partial charge in [-0.3, -0.25) is 0 Å². The van der Waals surface area contributed by atoms with Crippen molar-refractivity contribution in [3.63, 3.8) is 0 Å². The monoisotopic (exact) mass is 267 g/mol. The van der Waals surface area contributed by atoms with Gasteiger partial charge in [-0.15, -0.1) is 0 Å². The molecule has 0 unspecified atom stereocenters. The van der Waals surface area contributed by atoms with Gasteiger partial charge >= 0.3 is 0 Å². The minimum atomic E-state index is -2.15. The van der Waals surface area contributed by atoms with Crippen LogP contribution in [0.2, 0.25) is 0 Å². The molecule has 0 saturated heterocycles. The molecule has 0 saturated carbocycles. The van der Waals surface area contributed by atoms with Gasteiger partial charge in [-0.25, -0.2) is 22.0 Å². The fourth-order valence-electron chi connectivity index (χ4n) is 1.32. The Hall–Kier alpha value is -1.33. The van der Waals surface area contributed by atoms with Crippen molar-refractivity contribution in [3.8, 4) is 0 Å². The maximum absolute atomic E-state index is 13.2. The van der Waals surface area contributed by atoms with Gasteiger partial charge in [-0.05, 0) is 11.8 Å². The van der Waals surface area contributed by atoms with E-state index in [4.69, 9.17) is 0 Å². The Kier molecular flexibility index (Phi) is 4.19. The summed E-state index contributed by atoms with van der Waals surface area (Å²) >= 11 is 0. The zero-order valence-corrected chi connectivity index (χ0v) is 10.3. The molecule has 1 N–H and O–H groups in total. The molecule has 0 spiro atoms. The number of halogens is 5. The number of rotatable bonds is 3. The van der Waals surface area contributed by atoms with Gasteiger partial charge in [-0.2, -0.15) is 0 Å². The summed E-state index contributed by atoms with van der Waals surface area (Å²) in [5.41, 5.74) is -1.09. The van der Waals surface area contributed by atoms with Crippen LogP contribution in [-0.2, 0) is 0 Å². The number of anilines is 1. The highest BCUT2D eigenvalue weighted by Crippen LogP contribution is 2.27. The Bertz CT molecular complexity index is 422. The van der Waals surface area contributed by atoms with E-state index in [1.54, 1.807) is 0 Å². The van der Waals surface area contributed by atoms with Crippen LogP contribution in [0.25, 0.3) is 0 Å². The molecule has 0 aliphatic heterocycles. The Labute approximate surface area is 102 Å². The number of hydrogen-bond acceptors (Lipinski definition) is 1. The average molecular weight is 267 g/mol. The molecular weight excluding hydrogens is 253 g/mol. The minimum Gasteiger partial charge on any atom is -0.380 e. The van der Waals surface area contributed by atoms with Crippen LogP contribution in [0.4, 0.5) is 27.6 Å². The average Bonchev–Trinajstić information content (AvgIpc) is 2.27. The predicted molar refractivity (Wildman–Crippen MR) is 58.8 cm³/mol. The molecule has 1 nitrogen and oxygen atoms in total. The van der Waals surface area contributed by atoms with Crippen LogP contribution in [0, 0.1) is 34.5 Å². The lowest BCUT2D eigenvalue weighted by Gasteiger charge is -2.19. The lowest BCUT2D eigenvalue weighted by atomic mass is 9.92. The standard InChI is InChI=1S/C12H14F5N/c1-12(2,3)4-5-18-11-9(16)7(14)6(13)8(15)10(11)17/h18H,4-5H2,1-3H3. The van der Waals surface area contributed by atoms with Crippen molar-refractivity contribution in [1.29, 1.82) is 0 Å². The normalized spacial score (nSPS) is 11.8. The van der Waals surface area contributed by atoms with E-state index in [-0.39, 0.29) is 12.0 Å². The summed E-state index contributed by atoms with van der Waals surface area (Å²) in [6.07, 6.45) is 0.520. The second-order valence-corrected chi connectivity index (χ2v) is 5.18. The molecule has 6 heteroatoms. The number of nitrogens with one attached hydrogen (secondary N) is 1. The molecule has 0 aliphatic carbocycles. The highest BCUT2D eigenvalue weighted by atomic mass is 19.2. The van der Waals surface area contributed by atoms with Gasteiger partial charge in [0.15, 0.2) is 23.3 Å². The van der Waals surface area contributed by atoms with Crippen LogP contribution in [0.3, 0.4) is 0 Å². The molecule has 0 bridgehead atoms. The Morgan fingerprint density at radius 2 is 1.17 bits per heavy atom. The van der Waals surface area contributed by atoms with Crippen LogP contribution >= 0.6 is 0 Å². The van der Waals surface area contributed by atoms with Crippen molar-refractivity contribution in [2.75, 3.05) is 11.9 Å².